The molecule has 122 valence electrons. The molecule has 2 aromatic heterocycles. The molecule has 0 amide bonds. The molecule has 0 bridgehead atoms. The first-order valence-corrected chi connectivity index (χ1v) is 8.07. The molecular weight excluding hydrogens is 298 g/mol. The number of aromatic nitrogens is 3. The third-order valence-corrected chi connectivity index (χ3v) is 3.86. The van der Waals surface area contributed by atoms with E-state index in [4.69, 9.17) is 4.74 Å². The second-order valence-electron chi connectivity index (χ2n) is 6.19. The maximum atomic E-state index is 6.08. The van der Waals surface area contributed by atoms with E-state index in [-0.39, 0.29) is 0 Å². The van der Waals surface area contributed by atoms with E-state index in [0.29, 0.717) is 17.6 Å². The SMILES string of the molecule is Cc1cc(Oc2cc(C(C)C)ccc2C)nc(-c2ccncc2)n1. The highest BCUT2D eigenvalue weighted by molar-refractivity contribution is 5.54. The average Bonchev–Trinajstić information content (AvgIpc) is 2.57. The number of nitrogens with zero attached hydrogens (tertiary/aromatic N) is 3. The molecule has 24 heavy (non-hydrogen) atoms. The van der Waals surface area contributed by atoms with Gasteiger partial charge in [-0.05, 0) is 49.1 Å². The maximum absolute atomic E-state index is 6.08. The van der Waals surface area contributed by atoms with E-state index in [9.17, 15) is 0 Å². The summed E-state index contributed by atoms with van der Waals surface area (Å²) in [6.07, 6.45) is 3.47. The molecule has 0 unspecified atom stereocenters. The lowest BCUT2D eigenvalue weighted by atomic mass is 10.0. The van der Waals surface area contributed by atoms with Gasteiger partial charge in [0.2, 0.25) is 5.88 Å². The first kappa shape index (κ1) is 16.1. The Labute approximate surface area is 142 Å². The Morgan fingerprint density at radius 2 is 1.67 bits per heavy atom. The van der Waals surface area contributed by atoms with Crippen molar-refractivity contribution in [3.8, 4) is 23.0 Å². The summed E-state index contributed by atoms with van der Waals surface area (Å²) >= 11 is 0. The molecule has 2 heterocycles. The van der Waals surface area contributed by atoms with Crippen LogP contribution in [0.4, 0.5) is 0 Å². The molecule has 0 aliphatic heterocycles. The van der Waals surface area contributed by atoms with Gasteiger partial charge in [-0.1, -0.05) is 26.0 Å². The summed E-state index contributed by atoms with van der Waals surface area (Å²) in [7, 11) is 0. The van der Waals surface area contributed by atoms with Gasteiger partial charge in [-0.25, -0.2) is 4.98 Å². The summed E-state index contributed by atoms with van der Waals surface area (Å²) < 4.78 is 6.08. The Kier molecular flexibility index (Phi) is 4.56. The number of ether oxygens (including phenoxy) is 1. The van der Waals surface area contributed by atoms with Gasteiger partial charge in [0, 0.05) is 29.7 Å². The largest absolute Gasteiger partial charge is 0.439 e. The van der Waals surface area contributed by atoms with Gasteiger partial charge in [0.1, 0.15) is 5.75 Å². The van der Waals surface area contributed by atoms with Gasteiger partial charge in [-0.3, -0.25) is 4.98 Å². The fraction of sp³-hybridized carbons (Fsp3) is 0.250. The van der Waals surface area contributed by atoms with Crippen LogP contribution >= 0.6 is 0 Å². The highest BCUT2D eigenvalue weighted by Crippen LogP contribution is 2.29. The quantitative estimate of drug-likeness (QED) is 0.673. The summed E-state index contributed by atoms with van der Waals surface area (Å²) in [6, 6.07) is 11.9. The predicted molar refractivity (Wildman–Crippen MR) is 95.3 cm³/mol. The highest BCUT2D eigenvalue weighted by Gasteiger charge is 2.10. The Balaban J connectivity index is 1.96. The molecular formula is C20H21N3O. The number of rotatable bonds is 4. The van der Waals surface area contributed by atoms with Gasteiger partial charge >= 0.3 is 0 Å². The van der Waals surface area contributed by atoms with Crippen LogP contribution in [0.1, 0.15) is 36.6 Å². The predicted octanol–water partition coefficient (Wildman–Crippen LogP) is 5.07. The molecule has 0 fully saturated rings. The van der Waals surface area contributed by atoms with Crippen molar-refractivity contribution in [2.24, 2.45) is 0 Å². The summed E-state index contributed by atoms with van der Waals surface area (Å²) in [5.74, 6) is 2.48. The topological polar surface area (TPSA) is 47.9 Å². The van der Waals surface area contributed by atoms with Gasteiger partial charge in [0.25, 0.3) is 0 Å². The molecule has 4 heteroatoms. The number of hydrogen-bond donors (Lipinski definition) is 0. The Hall–Kier alpha value is -2.75. The molecule has 3 rings (SSSR count). The minimum atomic E-state index is 0.451. The van der Waals surface area contributed by atoms with Crippen molar-refractivity contribution in [1.29, 1.82) is 0 Å². The van der Waals surface area contributed by atoms with Crippen LogP contribution < -0.4 is 4.74 Å². The minimum Gasteiger partial charge on any atom is -0.439 e. The van der Waals surface area contributed by atoms with Crippen LogP contribution in [0.5, 0.6) is 11.6 Å². The van der Waals surface area contributed by atoms with Crippen LogP contribution in [0.2, 0.25) is 0 Å². The van der Waals surface area contributed by atoms with Gasteiger partial charge in [-0.2, -0.15) is 4.98 Å². The third-order valence-electron chi connectivity index (χ3n) is 3.86. The fourth-order valence-electron chi connectivity index (χ4n) is 2.42. The van der Waals surface area contributed by atoms with E-state index in [0.717, 1.165) is 22.6 Å². The molecule has 0 N–H and O–H groups in total. The molecule has 0 saturated heterocycles. The van der Waals surface area contributed by atoms with Crippen LogP contribution in [0.15, 0.2) is 48.8 Å². The van der Waals surface area contributed by atoms with Crippen LogP contribution in [0.3, 0.4) is 0 Å². The van der Waals surface area contributed by atoms with Crippen molar-refractivity contribution < 1.29 is 4.74 Å². The summed E-state index contributed by atoms with van der Waals surface area (Å²) in [4.78, 5) is 13.1. The van der Waals surface area contributed by atoms with E-state index in [1.807, 2.05) is 32.0 Å². The number of pyridine rings is 1. The monoisotopic (exact) mass is 319 g/mol. The second-order valence-corrected chi connectivity index (χ2v) is 6.19. The summed E-state index contributed by atoms with van der Waals surface area (Å²) in [6.45, 7) is 8.32. The molecule has 0 saturated carbocycles. The standard InChI is InChI=1S/C20H21N3O/c1-13(2)17-6-5-14(3)18(12-17)24-19-11-15(4)22-20(23-19)16-7-9-21-10-8-16/h5-13H,1-4H3. The highest BCUT2D eigenvalue weighted by atomic mass is 16.5. The number of aryl methyl sites for hydroxylation is 2. The van der Waals surface area contributed by atoms with E-state index in [1.165, 1.54) is 5.56 Å². The zero-order valence-corrected chi connectivity index (χ0v) is 14.4. The zero-order chi connectivity index (χ0) is 17.1. The van der Waals surface area contributed by atoms with Gasteiger partial charge in [-0.15, -0.1) is 0 Å². The smallest absolute Gasteiger partial charge is 0.223 e. The molecule has 0 aliphatic carbocycles. The Bertz CT molecular complexity index is 845. The molecule has 3 aromatic rings. The second kappa shape index (κ2) is 6.79. The van der Waals surface area contributed by atoms with Crippen molar-refractivity contribution in [3.05, 3.63) is 65.6 Å². The van der Waals surface area contributed by atoms with Crippen LogP contribution in [-0.2, 0) is 0 Å². The Morgan fingerprint density at radius 3 is 2.38 bits per heavy atom. The Morgan fingerprint density at radius 1 is 0.917 bits per heavy atom. The average molecular weight is 319 g/mol. The normalized spacial score (nSPS) is 10.9. The van der Waals surface area contributed by atoms with Gasteiger partial charge in [0.05, 0.1) is 0 Å². The maximum Gasteiger partial charge on any atom is 0.223 e. The lowest BCUT2D eigenvalue weighted by Crippen LogP contribution is -1.98. The minimum absolute atomic E-state index is 0.451. The van der Waals surface area contributed by atoms with Gasteiger partial charge in [0.15, 0.2) is 5.82 Å². The number of benzene rings is 1. The summed E-state index contributed by atoms with van der Waals surface area (Å²) in [5, 5.41) is 0. The molecule has 0 atom stereocenters. The van der Waals surface area contributed by atoms with E-state index >= 15 is 0 Å². The van der Waals surface area contributed by atoms with Crippen molar-refractivity contribution >= 4 is 0 Å². The lowest BCUT2D eigenvalue weighted by molar-refractivity contribution is 0.457. The molecule has 0 spiro atoms. The molecule has 0 radical (unpaired) electrons. The van der Waals surface area contributed by atoms with E-state index in [2.05, 4.69) is 47.0 Å². The van der Waals surface area contributed by atoms with Crippen molar-refractivity contribution in [3.63, 3.8) is 0 Å². The third kappa shape index (κ3) is 3.59. The lowest BCUT2D eigenvalue weighted by Gasteiger charge is -2.13. The van der Waals surface area contributed by atoms with Gasteiger partial charge < -0.3 is 4.74 Å². The van der Waals surface area contributed by atoms with Crippen molar-refractivity contribution in [1.82, 2.24) is 15.0 Å². The van der Waals surface area contributed by atoms with Crippen molar-refractivity contribution in [2.45, 2.75) is 33.6 Å². The van der Waals surface area contributed by atoms with E-state index in [1.54, 1.807) is 12.4 Å². The van der Waals surface area contributed by atoms with Crippen LogP contribution in [0, 0.1) is 13.8 Å². The zero-order valence-electron chi connectivity index (χ0n) is 14.4. The molecule has 4 nitrogen and oxygen atoms in total. The van der Waals surface area contributed by atoms with Crippen LogP contribution in [0.25, 0.3) is 11.4 Å². The fourth-order valence-corrected chi connectivity index (χ4v) is 2.42. The molecule has 0 aliphatic rings. The van der Waals surface area contributed by atoms with E-state index < -0.39 is 0 Å². The van der Waals surface area contributed by atoms with Crippen LogP contribution in [-0.4, -0.2) is 15.0 Å². The first-order valence-electron chi connectivity index (χ1n) is 8.07. The summed E-state index contributed by atoms with van der Waals surface area (Å²) in [5.41, 5.74) is 4.12. The first-order chi connectivity index (χ1) is 11.5. The number of hydrogen-bond acceptors (Lipinski definition) is 4. The molecule has 1 aromatic carbocycles. The van der Waals surface area contributed by atoms with Crippen molar-refractivity contribution in [2.75, 3.05) is 0 Å².